The molecule has 1 saturated heterocycles. The van der Waals surface area contributed by atoms with Crippen LogP contribution < -0.4 is 5.32 Å². The summed E-state index contributed by atoms with van der Waals surface area (Å²) >= 11 is 0. The van der Waals surface area contributed by atoms with E-state index in [-0.39, 0.29) is 24.0 Å². The second-order valence-corrected chi connectivity index (χ2v) is 7.47. The highest BCUT2D eigenvalue weighted by atomic mass is 16.2. The number of urea groups is 1. The Morgan fingerprint density at radius 1 is 1.16 bits per heavy atom. The number of amides is 3. The Labute approximate surface area is 150 Å². The van der Waals surface area contributed by atoms with Crippen molar-refractivity contribution in [1.82, 2.24) is 15.1 Å². The molecule has 0 spiro atoms. The molecule has 5 heteroatoms. The van der Waals surface area contributed by atoms with Crippen LogP contribution >= 0.6 is 0 Å². The average Bonchev–Trinajstić information content (AvgIpc) is 3.44. The molecule has 5 nitrogen and oxygen atoms in total. The second-order valence-electron chi connectivity index (χ2n) is 7.47. The molecule has 3 amide bonds. The summed E-state index contributed by atoms with van der Waals surface area (Å²) in [6.07, 6.45) is 4.07. The van der Waals surface area contributed by atoms with Crippen molar-refractivity contribution in [3.05, 3.63) is 35.4 Å². The van der Waals surface area contributed by atoms with Crippen molar-refractivity contribution in [2.24, 2.45) is 5.92 Å². The van der Waals surface area contributed by atoms with Crippen molar-refractivity contribution in [3.63, 3.8) is 0 Å². The van der Waals surface area contributed by atoms with E-state index in [2.05, 4.69) is 24.4 Å². The number of aryl methyl sites for hydroxylation is 1. The van der Waals surface area contributed by atoms with Crippen molar-refractivity contribution >= 4 is 11.9 Å². The maximum absolute atomic E-state index is 12.8. The van der Waals surface area contributed by atoms with Gasteiger partial charge in [0, 0.05) is 33.1 Å². The topological polar surface area (TPSA) is 52.7 Å². The number of nitrogens with zero attached hydrogens (tertiary/aromatic N) is 2. The number of hydrogen-bond acceptors (Lipinski definition) is 2. The van der Waals surface area contributed by atoms with Crippen LogP contribution in [0.2, 0.25) is 0 Å². The fourth-order valence-electron chi connectivity index (χ4n) is 3.75. The zero-order valence-corrected chi connectivity index (χ0v) is 15.5. The van der Waals surface area contributed by atoms with Gasteiger partial charge < -0.3 is 15.1 Å². The third kappa shape index (κ3) is 4.14. The minimum Gasteiger partial charge on any atom is -0.343 e. The number of carbonyl (C=O) groups is 2. The number of carbonyl (C=O) groups excluding carboxylic acids is 2. The van der Waals surface area contributed by atoms with E-state index in [9.17, 15) is 9.59 Å². The molecule has 25 heavy (non-hydrogen) atoms. The number of nitrogens with one attached hydrogen (secondary N) is 1. The van der Waals surface area contributed by atoms with Crippen LogP contribution in [0.3, 0.4) is 0 Å². The zero-order chi connectivity index (χ0) is 18.0. The lowest BCUT2D eigenvalue weighted by molar-refractivity contribution is -0.130. The SMILES string of the molecule is CC(=O)N(C)C1CCN(C(=O)NC(c2ccccc2C)C2CC2)CC1. The van der Waals surface area contributed by atoms with Gasteiger partial charge in [-0.05, 0) is 49.7 Å². The molecule has 0 bridgehead atoms. The molecule has 1 aliphatic carbocycles. The minimum absolute atomic E-state index is 0.0316. The monoisotopic (exact) mass is 343 g/mol. The maximum atomic E-state index is 12.8. The Bertz CT molecular complexity index is 634. The Morgan fingerprint density at radius 2 is 1.80 bits per heavy atom. The highest BCUT2D eigenvalue weighted by Crippen LogP contribution is 2.42. The summed E-state index contributed by atoms with van der Waals surface area (Å²) in [5, 5.41) is 3.28. The Kier molecular flexibility index (Phi) is 5.30. The lowest BCUT2D eigenvalue weighted by atomic mass is 9.97. The molecule has 3 rings (SSSR count). The van der Waals surface area contributed by atoms with Crippen molar-refractivity contribution in [1.29, 1.82) is 0 Å². The molecule has 1 unspecified atom stereocenters. The lowest BCUT2D eigenvalue weighted by Crippen LogP contribution is -2.50. The van der Waals surface area contributed by atoms with E-state index < -0.39 is 0 Å². The number of benzene rings is 1. The summed E-state index contributed by atoms with van der Waals surface area (Å²) in [5.41, 5.74) is 2.48. The fraction of sp³-hybridized carbons (Fsp3) is 0.600. The van der Waals surface area contributed by atoms with Gasteiger partial charge in [0.15, 0.2) is 0 Å². The molecular weight excluding hydrogens is 314 g/mol. The summed E-state index contributed by atoms with van der Waals surface area (Å²) in [6, 6.07) is 8.73. The molecular formula is C20H29N3O2. The number of piperidine rings is 1. The Morgan fingerprint density at radius 3 is 2.36 bits per heavy atom. The van der Waals surface area contributed by atoms with Crippen LogP contribution in [0, 0.1) is 12.8 Å². The van der Waals surface area contributed by atoms with E-state index in [1.165, 1.54) is 24.0 Å². The molecule has 1 aliphatic heterocycles. The smallest absolute Gasteiger partial charge is 0.317 e. The van der Waals surface area contributed by atoms with Crippen LogP contribution in [-0.4, -0.2) is 47.9 Å². The fourth-order valence-corrected chi connectivity index (χ4v) is 3.75. The molecule has 1 aromatic rings. The van der Waals surface area contributed by atoms with E-state index in [0.29, 0.717) is 19.0 Å². The molecule has 1 N–H and O–H groups in total. The second kappa shape index (κ2) is 7.46. The minimum atomic E-state index is 0.0316. The molecule has 1 saturated carbocycles. The zero-order valence-electron chi connectivity index (χ0n) is 15.5. The summed E-state index contributed by atoms with van der Waals surface area (Å²) < 4.78 is 0. The van der Waals surface area contributed by atoms with Gasteiger partial charge in [-0.2, -0.15) is 0 Å². The van der Waals surface area contributed by atoms with Crippen molar-refractivity contribution in [2.75, 3.05) is 20.1 Å². The highest BCUT2D eigenvalue weighted by molar-refractivity contribution is 5.75. The van der Waals surface area contributed by atoms with Gasteiger partial charge in [-0.3, -0.25) is 4.79 Å². The van der Waals surface area contributed by atoms with Gasteiger partial charge in [-0.1, -0.05) is 24.3 Å². The van der Waals surface area contributed by atoms with E-state index in [4.69, 9.17) is 0 Å². The predicted molar refractivity (Wildman–Crippen MR) is 98.2 cm³/mol. The van der Waals surface area contributed by atoms with Crippen molar-refractivity contribution < 1.29 is 9.59 Å². The normalized spacial score (nSPS) is 19.4. The summed E-state index contributed by atoms with van der Waals surface area (Å²) in [4.78, 5) is 28.0. The first kappa shape index (κ1) is 17.8. The van der Waals surface area contributed by atoms with Crippen molar-refractivity contribution in [2.45, 2.75) is 51.6 Å². The van der Waals surface area contributed by atoms with Crippen LogP contribution in [-0.2, 0) is 4.79 Å². The van der Waals surface area contributed by atoms with E-state index in [1.54, 1.807) is 11.8 Å². The molecule has 1 atom stereocenters. The van der Waals surface area contributed by atoms with Crippen LogP contribution in [0.1, 0.15) is 49.8 Å². The largest absolute Gasteiger partial charge is 0.343 e. The molecule has 2 aliphatic rings. The van der Waals surface area contributed by atoms with E-state index >= 15 is 0 Å². The summed E-state index contributed by atoms with van der Waals surface area (Å²) in [5.74, 6) is 0.655. The van der Waals surface area contributed by atoms with E-state index in [0.717, 1.165) is 12.8 Å². The molecule has 0 radical (unpaired) electrons. The predicted octanol–water partition coefficient (Wildman–Crippen LogP) is 3.10. The van der Waals surface area contributed by atoms with Crippen molar-refractivity contribution in [3.8, 4) is 0 Å². The third-order valence-electron chi connectivity index (χ3n) is 5.69. The number of rotatable bonds is 4. The van der Waals surface area contributed by atoms with Gasteiger partial charge in [-0.25, -0.2) is 4.79 Å². The van der Waals surface area contributed by atoms with Gasteiger partial charge in [0.05, 0.1) is 6.04 Å². The molecule has 1 heterocycles. The molecule has 2 fully saturated rings. The van der Waals surface area contributed by atoms with Gasteiger partial charge in [0.1, 0.15) is 0 Å². The van der Waals surface area contributed by atoms with Crippen LogP contribution in [0.5, 0.6) is 0 Å². The average molecular weight is 343 g/mol. The summed E-state index contributed by atoms with van der Waals surface area (Å²) in [7, 11) is 1.85. The first-order chi connectivity index (χ1) is 12.0. The highest BCUT2D eigenvalue weighted by Gasteiger charge is 2.35. The van der Waals surface area contributed by atoms with E-state index in [1.807, 2.05) is 24.1 Å². The van der Waals surface area contributed by atoms with Crippen LogP contribution in [0.15, 0.2) is 24.3 Å². The number of likely N-dealkylation sites (tertiary alicyclic amines) is 1. The number of hydrogen-bond donors (Lipinski definition) is 1. The Hall–Kier alpha value is -2.04. The van der Waals surface area contributed by atoms with Gasteiger partial charge in [-0.15, -0.1) is 0 Å². The molecule has 0 aromatic heterocycles. The quantitative estimate of drug-likeness (QED) is 0.913. The van der Waals surface area contributed by atoms with Gasteiger partial charge in [0.2, 0.25) is 5.91 Å². The van der Waals surface area contributed by atoms with Crippen LogP contribution in [0.4, 0.5) is 4.79 Å². The summed E-state index contributed by atoms with van der Waals surface area (Å²) in [6.45, 7) is 5.13. The molecule has 136 valence electrons. The third-order valence-corrected chi connectivity index (χ3v) is 5.69. The first-order valence-corrected chi connectivity index (χ1v) is 9.31. The van der Waals surface area contributed by atoms with Gasteiger partial charge in [0.25, 0.3) is 0 Å². The molecule has 1 aromatic carbocycles. The van der Waals surface area contributed by atoms with Crippen LogP contribution in [0.25, 0.3) is 0 Å². The Balaban J connectivity index is 1.60. The lowest BCUT2D eigenvalue weighted by Gasteiger charge is -2.37. The first-order valence-electron chi connectivity index (χ1n) is 9.31. The van der Waals surface area contributed by atoms with Gasteiger partial charge >= 0.3 is 6.03 Å². The standard InChI is InChI=1S/C20H29N3O2/c1-14-6-4-5-7-18(14)19(16-8-9-16)21-20(25)23-12-10-17(11-13-23)22(3)15(2)24/h4-7,16-17,19H,8-13H2,1-3H3,(H,21,25). The maximum Gasteiger partial charge on any atom is 0.317 e.